The quantitative estimate of drug-likeness (QED) is 0.380. The first kappa shape index (κ1) is 15.6. The van der Waals surface area contributed by atoms with E-state index in [1.807, 2.05) is 6.92 Å². The Kier molecular flexibility index (Phi) is 5.92. The molecule has 0 aliphatic rings. The molecule has 1 aromatic carbocycles. The van der Waals surface area contributed by atoms with E-state index in [0.29, 0.717) is 35.1 Å². The molecule has 0 heterocycles. The molecule has 0 saturated heterocycles. The fourth-order valence-corrected chi connectivity index (χ4v) is 2.03. The fourth-order valence-electron chi connectivity index (χ4n) is 1.54. The van der Waals surface area contributed by atoms with Crippen molar-refractivity contribution in [3.63, 3.8) is 0 Å². The summed E-state index contributed by atoms with van der Waals surface area (Å²) in [5.41, 5.74) is 5.76. The van der Waals surface area contributed by atoms with Crippen molar-refractivity contribution < 1.29 is 10.0 Å². The van der Waals surface area contributed by atoms with E-state index in [4.69, 9.17) is 34.1 Å². The molecule has 1 aromatic rings. The summed E-state index contributed by atoms with van der Waals surface area (Å²) in [6.07, 6.45) is 0.293. The lowest BCUT2D eigenvalue weighted by molar-refractivity contribution is 0.0768. The minimum atomic E-state index is -0.213. The lowest BCUT2D eigenvalue weighted by Gasteiger charge is -2.21. The molecule has 104 valence electrons. The average Bonchev–Trinajstić information content (AvgIpc) is 2.38. The molecule has 0 saturated carbocycles. The first-order valence-electron chi connectivity index (χ1n) is 5.70. The topological polar surface area (TPSA) is 78.9 Å². The van der Waals surface area contributed by atoms with Crippen molar-refractivity contribution in [3.8, 4) is 0 Å². The standard InChI is InChI=1S/C12H15Cl2N3O2/c1-2-17(6-5-11(15)16-19)12(18)9-4-3-8(13)7-10(9)14/h3-4,7,19H,2,5-6H2,1H3,(H2,15,16). The molecule has 0 aliphatic carbocycles. The van der Waals surface area contributed by atoms with Crippen molar-refractivity contribution >= 4 is 34.9 Å². The van der Waals surface area contributed by atoms with E-state index < -0.39 is 0 Å². The van der Waals surface area contributed by atoms with Gasteiger partial charge in [-0.2, -0.15) is 0 Å². The number of rotatable bonds is 5. The minimum Gasteiger partial charge on any atom is -0.409 e. The van der Waals surface area contributed by atoms with Gasteiger partial charge in [-0.25, -0.2) is 0 Å². The fraction of sp³-hybridized carbons (Fsp3) is 0.333. The average molecular weight is 304 g/mol. The van der Waals surface area contributed by atoms with Gasteiger partial charge in [-0.3, -0.25) is 4.79 Å². The van der Waals surface area contributed by atoms with Gasteiger partial charge in [0.15, 0.2) is 0 Å². The van der Waals surface area contributed by atoms with E-state index in [1.165, 1.54) is 6.07 Å². The van der Waals surface area contributed by atoms with Crippen LogP contribution in [-0.2, 0) is 0 Å². The predicted molar refractivity (Wildman–Crippen MR) is 76.1 cm³/mol. The van der Waals surface area contributed by atoms with Crippen LogP contribution in [0.3, 0.4) is 0 Å². The van der Waals surface area contributed by atoms with E-state index in [9.17, 15) is 4.79 Å². The van der Waals surface area contributed by atoms with E-state index in [0.717, 1.165) is 0 Å². The molecule has 1 amide bonds. The summed E-state index contributed by atoms with van der Waals surface area (Å²) in [4.78, 5) is 13.8. The molecule has 1 rings (SSSR count). The highest BCUT2D eigenvalue weighted by Crippen LogP contribution is 2.22. The van der Waals surface area contributed by atoms with Crippen LogP contribution in [0.15, 0.2) is 23.4 Å². The summed E-state index contributed by atoms with van der Waals surface area (Å²) in [6, 6.07) is 4.71. The second-order valence-electron chi connectivity index (χ2n) is 3.85. The Morgan fingerprint density at radius 3 is 2.68 bits per heavy atom. The first-order chi connectivity index (χ1) is 8.99. The Hall–Kier alpha value is -1.46. The monoisotopic (exact) mass is 303 g/mol. The summed E-state index contributed by atoms with van der Waals surface area (Å²) in [6.45, 7) is 2.69. The smallest absolute Gasteiger partial charge is 0.255 e. The van der Waals surface area contributed by atoms with Crippen molar-refractivity contribution in [1.82, 2.24) is 4.90 Å². The Morgan fingerprint density at radius 2 is 2.16 bits per heavy atom. The molecule has 0 aromatic heterocycles. The van der Waals surface area contributed by atoms with Gasteiger partial charge in [-0.05, 0) is 25.1 Å². The molecule has 5 nitrogen and oxygen atoms in total. The van der Waals surface area contributed by atoms with Crippen molar-refractivity contribution in [1.29, 1.82) is 0 Å². The van der Waals surface area contributed by atoms with Crippen LogP contribution in [0.2, 0.25) is 10.0 Å². The molecule has 0 atom stereocenters. The number of hydrogen-bond donors (Lipinski definition) is 2. The van der Waals surface area contributed by atoms with Crippen LogP contribution >= 0.6 is 23.2 Å². The molecule has 0 bridgehead atoms. The van der Waals surface area contributed by atoms with Crippen LogP contribution in [0.1, 0.15) is 23.7 Å². The number of carbonyl (C=O) groups is 1. The summed E-state index contributed by atoms with van der Waals surface area (Å²) in [5, 5.41) is 12.1. The third-order valence-electron chi connectivity index (χ3n) is 2.60. The van der Waals surface area contributed by atoms with Gasteiger partial charge in [0.05, 0.1) is 10.6 Å². The highest BCUT2D eigenvalue weighted by Gasteiger charge is 2.17. The van der Waals surface area contributed by atoms with Crippen LogP contribution in [0.4, 0.5) is 0 Å². The first-order valence-corrected chi connectivity index (χ1v) is 6.46. The maximum Gasteiger partial charge on any atom is 0.255 e. The lowest BCUT2D eigenvalue weighted by Crippen LogP contribution is -2.34. The highest BCUT2D eigenvalue weighted by atomic mass is 35.5. The van der Waals surface area contributed by atoms with Crippen LogP contribution < -0.4 is 5.73 Å². The predicted octanol–water partition coefficient (Wildman–Crippen LogP) is 2.59. The Labute approximate surface area is 121 Å². The zero-order valence-electron chi connectivity index (χ0n) is 10.4. The Bertz CT molecular complexity index is 492. The van der Waals surface area contributed by atoms with Gasteiger partial charge in [0.25, 0.3) is 5.91 Å². The Morgan fingerprint density at radius 1 is 1.47 bits per heavy atom. The second kappa shape index (κ2) is 7.21. The second-order valence-corrected chi connectivity index (χ2v) is 4.69. The number of halogens is 2. The number of nitrogens with two attached hydrogens (primary N) is 1. The lowest BCUT2D eigenvalue weighted by atomic mass is 10.2. The van der Waals surface area contributed by atoms with Crippen LogP contribution in [0, 0.1) is 0 Å². The van der Waals surface area contributed by atoms with E-state index in [-0.39, 0.29) is 11.7 Å². The van der Waals surface area contributed by atoms with Gasteiger partial charge in [0.2, 0.25) is 0 Å². The zero-order valence-corrected chi connectivity index (χ0v) is 11.9. The third-order valence-corrected chi connectivity index (χ3v) is 3.14. The van der Waals surface area contributed by atoms with E-state index >= 15 is 0 Å². The summed E-state index contributed by atoms with van der Waals surface area (Å²) >= 11 is 11.8. The summed E-state index contributed by atoms with van der Waals surface area (Å²) < 4.78 is 0. The maximum absolute atomic E-state index is 12.3. The Balaban J connectivity index is 2.83. The van der Waals surface area contributed by atoms with Gasteiger partial charge >= 0.3 is 0 Å². The van der Waals surface area contributed by atoms with Gasteiger partial charge in [0.1, 0.15) is 5.84 Å². The van der Waals surface area contributed by atoms with Gasteiger partial charge < -0.3 is 15.8 Å². The number of hydrogen-bond acceptors (Lipinski definition) is 3. The third kappa shape index (κ3) is 4.29. The number of amidine groups is 1. The molecular weight excluding hydrogens is 289 g/mol. The van der Waals surface area contributed by atoms with Crippen LogP contribution in [-0.4, -0.2) is 34.9 Å². The molecule has 0 radical (unpaired) electrons. The number of oxime groups is 1. The minimum absolute atomic E-state index is 0.0773. The molecule has 7 heteroatoms. The number of benzene rings is 1. The van der Waals surface area contributed by atoms with Crippen molar-refractivity contribution in [3.05, 3.63) is 33.8 Å². The van der Waals surface area contributed by atoms with E-state index in [1.54, 1.807) is 17.0 Å². The maximum atomic E-state index is 12.3. The molecular formula is C12H15Cl2N3O2. The van der Waals surface area contributed by atoms with Crippen LogP contribution in [0.25, 0.3) is 0 Å². The number of amides is 1. The molecule has 0 fully saturated rings. The SMILES string of the molecule is CCN(CCC(N)=NO)C(=O)c1ccc(Cl)cc1Cl. The van der Waals surface area contributed by atoms with Gasteiger partial charge in [-0.1, -0.05) is 28.4 Å². The van der Waals surface area contributed by atoms with Crippen LogP contribution in [0.5, 0.6) is 0 Å². The van der Waals surface area contributed by atoms with Crippen molar-refractivity contribution in [2.24, 2.45) is 10.9 Å². The highest BCUT2D eigenvalue weighted by molar-refractivity contribution is 6.36. The van der Waals surface area contributed by atoms with Crippen molar-refractivity contribution in [2.45, 2.75) is 13.3 Å². The van der Waals surface area contributed by atoms with Crippen molar-refractivity contribution in [2.75, 3.05) is 13.1 Å². The summed E-state index contributed by atoms with van der Waals surface area (Å²) in [7, 11) is 0. The normalized spacial score (nSPS) is 11.4. The molecule has 3 N–H and O–H groups in total. The van der Waals surface area contributed by atoms with Gasteiger partial charge in [-0.15, -0.1) is 0 Å². The van der Waals surface area contributed by atoms with E-state index in [2.05, 4.69) is 5.16 Å². The molecule has 0 aliphatic heterocycles. The largest absolute Gasteiger partial charge is 0.409 e. The summed E-state index contributed by atoms with van der Waals surface area (Å²) in [5.74, 6) is -0.136. The molecule has 19 heavy (non-hydrogen) atoms. The number of carbonyl (C=O) groups excluding carboxylic acids is 1. The molecule has 0 unspecified atom stereocenters. The molecule has 0 spiro atoms. The number of nitrogens with zero attached hydrogens (tertiary/aromatic N) is 2. The zero-order chi connectivity index (χ0) is 14.4. The van der Waals surface area contributed by atoms with Gasteiger partial charge in [0, 0.05) is 24.5 Å².